The van der Waals surface area contributed by atoms with Crippen molar-refractivity contribution < 1.29 is 0 Å². The fourth-order valence-corrected chi connectivity index (χ4v) is 2.93. The highest BCUT2D eigenvalue weighted by Gasteiger charge is 2.39. The third kappa shape index (κ3) is 2.25. The van der Waals surface area contributed by atoms with E-state index in [9.17, 15) is 0 Å². The van der Waals surface area contributed by atoms with Crippen molar-refractivity contribution in [2.45, 2.75) is 57.5 Å². The number of hydrogen-bond donors (Lipinski definition) is 1. The Kier molecular flexibility index (Phi) is 2.54. The molecule has 1 saturated carbocycles. The predicted molar refractivity (Wildman–Crippen MR) is 64.0 cm³/mol. The zero-order valence-corrected chi connectivity index (χ0v) is 10.2. The summed E-state index contributed by atoms with van der Waals surface area (Å²) in [6.07, 6.45) is 4.97. The van der Waals surface area contributed by atoms with Gasteiger partial charge in [0, 0.05) is 11.3 Å². The van der Waals surface area contributed by atoms with E-state index in [2.05, 4.69) is 26.1 Å². The maximum atomic E-state index is 4.83. The third-order valence-corrected chi connectivity index (χ3v) is 4.30. The van der Waals surface area contributed by atoms with Crippen molar-refractivity contribution in [2.24, 2.45) is 4.99 Å². The molecule has 1 aliphatic heterocycles. The fraction of sp³-hybridized carbons (Fsp3) is 0.909. The normalized spacial score (nSPS) is 34.9. The van der Waals surface area contributed by atoms with E-state index in [1.807, 2.05) is 11.8 Å². The predicted octanol–water partition coefficient (Wildman–Crippen LogP) is 2.79. The van der Waals surface area contributed by atoms with Crippen LogP contribution in [0.4, 0.5) is 0 Å². The maximum absolute atomic E-state index is 4.83. The number of nitrogens with one attached hydrogen (secondary N) is 1. The first kappa shape index (κ1) is 10.3. The van der Waals surface area contributed by atoms with Gasteiger partial charge in [-0.25, -0.2) is 0 Å². The molecule has 0 saturated heterocycles. The Morgan fingerprint density at radius 2 is 2.07 bits per heavy atom. The first-order valence-corrected chi connectivity index (χ1v) is 6.55. The number of aliphatic imine (C=N–C) groups is 1. The molecule has 1 heterocycles. The zero-order valence-electron chi connectivity index (χ0n) is 9.39. The molecule has 3 heteroatoms. The lowest BCUT2D eigenvalue weighted by atomic mass is 9.97. The minimum absolute atomic E-state index is 0.193. The first-order valence-electron chi connectivity index (χ1n) is 5.56. The van der Waals surface area contributed by atoms with Crippen LogP contribution in [0.25, 0.3) is 0 Å². The molecule has 80 valence electrons. The van der Waals surface area contributed by atoms with E-state index in [0.717, 1.165) is 6.42 Å². The van der Waals surface area contributed by atoms with E-state index in [4.69, 9.17) is 4.99 Å². The van der Waals surface area contributed by atoms with E-state index in [-0.39, 0.29) is 5.54 Å². The lowest BCUT2D eigenvalue weighted by Gasteiger charge is -2.30. The molecule has 14 heavy (non-hydrogen) atoms. The molecular formula is C11H20N2S. The summed E-state index contributed by atoms with van der Waals surface area (Å²) in [5, 5.41) is 4.75. The Morgan fingerprint density at radius 3 is 2.64 bits per heavy atom. The topological polar surface area (TPSA) is 24.4 Å². The summed E-state index contributed by atoms with van der Waals surface area (Å²) >= 11 is 1.89. The van der Waals surface area contributed by atoms with Gasteiger partial charge in [0.25, 0.3) is 0 Å². The van der Waals surface area contributed by atoms with Gasteiger partial charge in [-0.1, -0.05) is 18.7 Å². The third-order valence-electron chi connectivity index (χ3n) is 3.42. The number of hydrogen-bond acceptors (Lipinski definition) is 3. The smallest absolute Gasteiger partial charge is 0.157 e. The zero-order chi connectivity index (χ0) is 10.2. The van der Waals surface area contributed by atoms with Crippen molar-refractivity contribution in [2.75, 3.05) is 5.75 Å². The summed E-state index contributed by atoms with van der Waals surface area (Å²) in [6, 6.07) is 0. The van der Waals surface area contributed by atoms with Gasteiger partial charge in [0.05, 0.1) is 5.54 Å². The van der Waals surface area contributed by atoms with E-state index in [0.29, 0.717) is 5.54 Å². The lowest BCUT2D eigenvalue weighted by Crippen LogP contribution is -2.38. The van der Waals surface area contributed by atoms with Crippen LogP contribution in [0.2, 0.25) is 0 Å². The molecule has 1 N–H and O–H groups in total. The standard InChI is InChI=1S/C11H20N2S/c1-4-10(2)7-8-14-9(12-10)13-11(3)5-6-11/h4-8H2,1-3H3,(H,12,13). The molecule has 2 aliphatic rings. The second kappa shape index (κ2) is 3.44. The minimum Gasteiger partial charge on any atom is -0.360 e. The van der Waals surface area contributed by atoms with Gasteiger partial charge in [-0.3, -0.25) is 4.99 Å². The summed E-state index contributed by atoms with van der Waals surface area (Å²) < 4.78 is 0. The van der Waals surface area contributed by atoms with Gasteiger partial charge in [0.15, 0.2) is 5.17 Å². The summed E-state index contributed by atoms with van der Waals surface area (Å²) in [5.41, 5.74) is 0.566. The van der Waals surface area contributed by atoms with Crippen LogP contribution >= 0.6 is 11.8 Å². The van der Waals surface area contributed by atoms with Crippen LogP contribution in [-0.4, -0.2) is 22.0 Å². The molecule has 0 amide bonds. The van der Waals surface area contributed by atoms with Crippen LogP contribution in [0, 0.1) is 0 Å². The van der Waals surface area contributed by atoms with Crippen LogP contribution in [-0.2, 0) is 0 Å². The van der Waals surface area contributed by atoms with Crippen LogP contribution in [0.1, 0.15) is 46.5 Å². The fourth-order valence-electron chi connectivity index (χ4n) is 1.59. The number of nitrogens with zero attached hydrogens (tertiary/aromatic N) is 1. The molecule has 0 aromatic heterocycles. The Balaban J connectivity index is 2.03. The molecule has 0 radical (unpaired) electrons. The molecule has 0 aromatic rings. The van der Waals surface area contributed by atoms with Crippen LogP contribution in [0.15, 0.2) is 4.99 Å². The van der Waals surface area contributed by atoms with E-state index >= 15 is 0 Å². The molecule has 1 aliphatic carbocycles. The van der Waals surface area contributed by atoms with Crippen LogP contribution in [0.3, 0.4) is 0 Å². The van der Waals surface area contributed by atoms with Gasteiger partial charge in [-0.15, -0.1) is 0 Å². The van der Waals surface area contributed by atoms with Crippen LogP contribution in [0.5, 0.6) is 0 Å². The Morgan fingerprint density at radius 1 is 1.36 bits per heavy atom. The van der Waals surface area contributed by atoms with Gasteiger partial charge in [-0.05, 0) is 39.5 Å². The highest BCUT2D eigenvalue weighted by Crippen LogP contribution is 2.37. The highest BCUT2D eigenvalue weighted by atomic mass is 32.2. The SMILES string of the molecule is CCC1(C)CCSC(NC2(C)CC2)=N1. The second-order valence-corrected chi connectivity index (χ2v) is 6.14. The monoisotopic (exact) mass is 212 g/mol. The number of thioether (sulfide) groups is 1. The lowest BCUT2D eigenvalue weighted by molar-refractivity contribution is 0.439. The molecular weight excluding hydrogens is 192 g/mol. The number of amidine groups is 1. The van der Waals surface area contributed by atoms with Gasteiger partial charge in [-0.2, -0.15) is 0 Å². The second-order valence-electron chi connectivity index (χ2n) is 5.05. The van der Waals surface area contributed by atoms with E-state index < -0.39 is 0 Å². The van der Waals surface area contributed by atoms with Crippen molar-refractivity contribution in [1.82, 2.24) is 5.32 Å². The summed E-state index contributed by atoms with van der Waals surface area (Å²) in [4.78, 5) is 4.83. The quantitative estimate of drug-likeness (QED) is 0.761. The molecule has 0 bridgehead atoms. The molecule has 0 spiro atoms. The van der Waals surface area contributed by atoms with Gasteiger partial charge < -0.3 is 5.32 Å². The number of rotatable bonds is 2. The van der Waals surface area contributed by atoms with Crippen molar-refractivity contribution in [1.29, 1.82) is 0 Å². The van der Waals surface area contributed by atoms with Crippen molar-refractivity contribution >= 4 is 16.9 Å². The molecule has 1 fully saturated rings. The van der Waals surface area contributed by atoms with Gasteiger partial charge >= 0.3 is 0 Å². The van der Waals surface area contributed by atoms with Crippen molar-refractivity contribution in [3.8, 4) is 0 Å². The average Bonchev–Trinajstić information content (AvgIpc) is 2.83. The summed E-state index contributed by atoms with van der Waals surface area (Å²) in [6.45, 7) is 6.79. The van der Waals surface area contributed by atoms with E-state index in [1.54, 1.807) is 0 Å². The van der Waals surface area contributed by atoms with Gasteiger partial charge in [0.1, 0.15) is 0 Å². The molecule has 0 aromatic carbocycles. The minimum atomic E-state index is 0.193. The Labute approximate surface area is 90.9 Å². The maximum Gasteiger partial charge on any atom is 0.157 e. The molecule has 2 nitrogen and oxygen atoms in total. The first-order chi connectivity index (χ1) is 6.55. The van der Waals surface area contributed by atoms with Crippen molar-refractivity contribution in [3.05, 3.63) is 0 Å². The van der Waals surface area contributed by atoms with Crippen molar-refractivity contribution in [3.63, 3.8) is 0 Å². The largest absolute Gasteiger partial charge is 0.360 e. The van der Waals surface area contributed by atoms with Crippen LogP contribution < -0.4 is 5.32 Å². The summed E-state index contributed by atoms with van der Waals surface area (Å²) in [7, 11) is 0. The highest BCUT2D eigenvalue weighted by molar-refractivity contribution is 8.13. The van der Waals surface area contributed by atoms with Gasteiger partial charge in [0.2, 0.25) is 0 Å². The molecule has 1 atom stereocenters. The summed E-state index contributed by atoms with van der Waals surface area (Å²) in [5.74, 6) is 1.21. The molecule has 1 unspecified atom stereocenters. The van der Waals surface area contributed by atoms with E-state index in [1.165, 1.54) is 30.2 Å². The Bertz CT molecular complexity index is 258. The Hall–Kier alpha value is -0.180. The molecule has 2 rings (SSSR count). The average molecular weight is 212 g/mol.